The number of para-hydroxylation sites is 2. The fourth-order valence-corrected chi connectivity index (χ4v) is 9.59. The number of benzene rings is 9. The average Bonchev–Trinajstić information content (AvgIpc) is 4.03. The molecule has 0 spiro atoms. The Kier molecular flexibility index (Phi) is 7.87. The Morgan fingerprint density at radius 1 is 0.302 bits per heavy atom. The number of pyridine rings is 1. The predicted molar refractivity (Wildman–Crippen MR) is 260 cm³/mol. The minimum atomic E-state index is 0.845. The summed E-state index contributed by atoms with van der Waals surface area (Å²) in [7, 11) is 0. The SMILES string of the molecule is c1ccc(-c2ccc3c(c2)c2cc(-c4ccc5c(c4)oc4cccc(-c6cc(-c7ccccc7)nc(-c7ccc8c(c7)oc7ccccc78)c6)c45)ccc2n3-c2ccccc2)cc1. The van der Waals surface area contributed by atoms with E-state index in [0.717, 1.165) is 94.3 Å². The molecule has 9 aromatic carbocycles. The quantitative estimate of drug-likeness (QED) is 0.168. The van der Waals surface area contributed by atoms with Crippen molar-refractivity contribution in [3.05, 3.63) is 218 Å². The molecule has 13 aromatic rings. The molecule has 0 aliphatic rings. The first-order chi connectivity index (χ1) is 31.2. The van der Waals surface area contributed by atoms with Crippen LogP contribution >= 0.6 is 0 Å². The zero-order valence-corrected chi connectivity index (χ0v) is 34.0. The van der Waals surface area contributed by atoms with Crippen LogP contribution < -0.4 is 0 Å². The topological polar surface area (TPSA) is 44.1 Å². The van der Waals surface area contributed by atoms with Crippen molar-refractivity contribution < 1.29 is 8.83 Å². The van der Waals surface area contributed by atoms with Crippen LogP contribution in [0.2, 0.25) is 0 Å². The highest BCUT2D eigenvalue weighted by Gasteiger charge is 2.19. The van der Waals surface area contributed by atoms with Crippen molar-refractivity contribution >= 4 is 65.7 Å². The maximum atomic E-state index is 6.74. The maximum Gasteiger partial charge on any atom is 0.136 e. The van der Waals surface area contributed by atoms with Crippen molar-refractivity contribution in [2.75, 3.05) is 0 Å². The summed E-state index contributed by atoms with van der Waals surface area (Å²) in [6.45, 7) is 0. The van der Waals surface area contributed by atoms with Crippen LogP contribution in [0.1, 0.15) is 0 Å². The Morgan fingerprint density at radius 2 is 0.825 bits per heavy atom. The summed E-state index contributed by atoms with van der Waals surface area (Å²) in [6, 6.07) is 77.3. The molecule has 0 amide bonds. The van der Waals surface area contributed by atoms with Crippen LogP contribution in [0.15, 0.2) is 227 Å². The Labute approximate surface area is 362 Å². The molecule has 294 valence electrons. The van der Waals surface area contributed by atoms with Crippen molar-refractivity contribution in [3.8, 4) is 61.6 Å². The highest BCUT2D eigenvalue weighted by Crippen LogP contribution is 2.42. The van der Waals surface area contributed by atoms with Crippen LogP contribution in [-0.4, -0.2) is 9.55 Å². The Hall–Kier alpha value is -8.47. The highest BCUT2D eigenvalue weighted by molar-refractivity contribution is 6.15. The fourth-order valence-electron chi connectivity index (χ4n) is 9.59. The van der Waals surface area contributed by atoms with Gasteiger partial charge in [-0.25, -0.2) is 4.98 Å². The molecule has 13 rings (SSSR count). The van der Waals surface area contributed by atoms with Crippen molar-refractivity contribution in [3.63, 3.8) is 0 Å². The first kappa shape index (κ1) is 35.3. The minimum Gasteiger partial charge on any atom is -0.456 e. The number of rotatable bonds is 6. The lowest BCUT2D eigenvalue weighted by Gasteiger charge is -2.11. The van der Waals surface area contributed by atoms with Gasteiger partial charge in [0.15, 0.2) is 0 Å². The largest absolute Gasteiger partial charge is 0.456 e. The Morgan fingerprint density at radius 3 is 1.59 bits per heavy atom. The zero-order valence-electron chi connectivity index (χ0n) is 34.0. The van der Waals surface area contributed by atoms with E-state index in [9.17, 15) is 0 Å². The smallest absolute Gasteiger partial charge is 0.136 e. The van der Waals surface area contributed by atoms with E-state index >= 15 is 0 Å². The molecule has 4 nitrogen and oxygen atoms in total. The van der Waals surface area contributed by atoms with E-state index in [1.165, 1.54) is 32.9 Å². The molecule has 0 radical (unpaired) electrons. The second-order valence-electron chi connectivity index (χ2n) is 16.3. The van der Waals surface area contributed by atoms with Crippen LogP contribution in [0.3, 0.4) is 0 Å². The molecular weight excluding hydrogens is 769 g/mol. The molecule has 0 saturated heterocycles. The van der Waals surface area contributed by atoms with Gasteiger partial charge in [-0.3, -0.25) is 0 Å². The van der Waals surface area contributed by atoms with Gasteiger partial charge >= 0.3 is 0 Å². The number of furan rings is 2. The summed E-state index contributed by atoms with van der Waals surface area (Å²) in [5, 5.41) is 6.79. The third kappa shape index (κ3) is 5.80. The van der Waals surface area contributed by atoms with Gasteiger partial charge in [0.25, 0.3) is 0 Å². The molecule has 0 N–H and O–H groups in total. The molecule has 4 aromatic heterocycles. The van der Waals surface area contributed by atoms with Crippen LogP contribution in [0.5, 0.6) is 0 Å². The zero-order chi connectivity index (χ0) is 41.4. The summed E-state index contributed by atoms with van der Waals surface area (Å²) < 4.78 is 15.4. The number of nitrogens with zero attached hydrogens (tertiary/aromatic N) is 2. The van der Waals surface area contributed by atoms with Gasteiger partial charge in [0.2, 0.25) is 0 Å². The second-order valence-corrected chi connectivity index (χ2v) is 16.3. The summed E-state index contributed by atoms with van der Waals surface area (Å²) in [5.74, 6) is 0. The molecule has 63 heavy (non-hydrogen) atoms. The first-order valence-corrected chi connectivity index (χ1v) is 21.3. The summed E-state index contributed by atoms with van der Waals surface area (Å²) in [6.07, 6.45) is 0. The number of hydrogen-bond acceptors (Lipinski definition) is 3. The van der Waals surface area contributed by atoms with Crippen LogP contribution in [0, 0.1) is 0 Å². The van der Waals surface area contributed by atoms with E-state index in [-0.39, 0.29) is 0 Å². The molecule has 0 saturated carbocycles. The van der Waals surface area contributed by atoms with Crippen molar-refractivity contribution in [2.24, 2.45) is 0 Å². The van der Waals surface area contributed by atoms with Crippen molar-refractivity contribution in [1.29, 1.82) is 0 Å². The first-order valence-electron chi connectivity index (χ1n) is 21.3. The van der Waals surface area contributed by atoms with E-state index in [1.54, 1.807) is 0 Å². The molecule has 4 heteroatoms. The molecule has 0 unspecified atom stereocenters. The molecule has 0 bridgehead atoms. The number of fused-ring (bicyclic) bond motifs is 9. The summed E-state index contributed by atoms with van der Waals surface area (Å²) in [4.78, 5) is 5.25. The summed E-state index contributed by atoms with van der Waals surface area (Å²) in [5.41, 5.74) is 17.5. The van der Waals surface area contributed by atoms with Gasteiger partial charge < -0.3 is 13.4 Å². The lowest BCUT2D eigenvalue weighted by atomic mass is 9.95. The van der Waals surface area contributed by atoms with E-state index in [2.05, 4.69) is 205 Å². The number of aromatic nitrogens is 2. The number of hydrogen-bond donors (Lipinski definition) is 0. The molecule has 0 aliphatic carbocycles. The third-order valence-corrected chi connectivity index (χ3v) is 12.6. The molecule has 0 atom stereocenters. The predicted octanol–water partition coefficient (Wildman–Crippen LogP) is 16.3. The van der Waals surface area contributed by atoms with E-state index in [0.29, 0.717) is 0 Å². The van der Waals surface area contributed by atoms with Gasteiger partial charge in [-0.15, -0.1) is 0 Å². The van der Waals surface area contributed by atoms with Gasteiger partial charge in [0.05, 0.1) is 22.4 Å². The average molecular weight is 805 g/mol. The van der Waals surface area contributed by atoms with Crippen LogP contribution in [0.4, 0.5) is 0 Å². The van der Waals surface area contributed by atoms with Gasteiger partial charge in [0, 0.05) is 49.1 Å². The lowest BCUT2D eigenvalue weighted by molar-refractivity contribution is 0.668. The second kappa shape index (κ2) is 14.1. The van der Waals surface area contributed by atoms with Crippen LogP contribution in [-0.2, 0) is 0 Å². The fraction of sp³-hybridized carbons (Fsp3) is 0. The van der Waals surface area contributed by atoms with E-state index in [1.807, 2.05) is 18.2 Å². The highest BCUT2D eigenvalue weighted by atomic mass is 16.3. The van der Waals surface area contributed by atoms with Gasteiger partial charge in [-0.1, -0.05) is 133 Å². The molecule has 4 heterocycles. The van der Waals surface area contributed by atoms with Gasteiger partial charge in [0.1, 0.15) is 22.3 Å². The molecule has 0 aliphatic heterocycles. The molecular formula is C59H36N2O2. The van der Waals surface area contributed by atoms with Crippen molar-refractivity contribution in [1.82, 2.24) is 9.55 Å². The molecule has 0 fully saturated rings. The summed E-state index contributed by atoms with van der Waals surface area (Å²) >= 11 is 0. The normalized spacial score (nSPS) is 11.8. The monoisotopic (exact) mass is 804 g/mol. The third-order valence-electron chi connectivity index (χ3n) is 12.6. The Balaban J connectivity index is 0.952. The maximum absolute atomic E-state index is 6.74. The van der Waals surface area contributed by atoms with Gasteiger partial charge in [-0.2, -0.15) is 0 Å². The van der Waals surface area contributed by atoms with E-state index in [4.69, 9.17) is 13.8 Å². The standard InChI is InChI=1S/C59H36N2O2/c1-4-13-37(14-5-1)39-25-29-53-49(31-39)50-32-40(26-30-54(50)61(53)44-17-8-3-9-18-44)41-23-28-48-58(35-41)63-56-22-12-20-45(59(48)56)43-33-51(38-15-6-2-7-16-38)60-52(34-43)42-24-27-47-46-19-10-11-21-55(46)62-57(47)36-42/h1-36H. The Bertz CT molecular complexity index is 3900. The lowest BCUT2D eigenvalue weighted by Crippen LogP contribution is -1.93. The van der Waals surface area contributed by atoms with Crippen molar-refractivity contribution in [2.45, 2.75) is 0 Å². The minimum absolute atomic E-state index is 0.845. The van der Waals surface area contributed by atoms with E-state index < -0.39 is 0 Å². The van der Waals surface area contributed by atoms with Crippen LogP contribution in [0.25, 0.3) is 127 Å². The van der Waals surface area contributed by atoms with Gasteiger partial charge in [-0.05, 0) is 118 Å².